The minimum atomic E-state index is -1.35. The number of aliphatic carboxylic acids is 1. The maximum absolute atomic E-state index is 13.5. The third-order valence-electron chi connectivity index (χ3n) is 4.46. The Morgan fingerprint density at radius 2 is 1.57 bits per heavy atom. The predicted octanol–water partition coefficient (Wildman–Crippen LogP) is 5.94. The molecule has 0 saturated carbocycles. The third-order valence-corrected chi connectivity index (χ3v) is 5.02. The Kier molecular flexibility index (Phi) is 8.77. The van der Waals surface area contributed by atoms with Gasteiger partial charge in [0.2, 0.25) is 0 Å². The number of carbonyl (C=O) groups excluding carboxylic acids is 3. The van der Waals surface area contributed by atoms with Crippen LogP contribution in [0.4, 0.5) is 29.7 Å². The zero-order chi connectivity index (χ0) is 27.1. The molecule has 4 N–H and O–H groups in total. The standard InChI is InChI=1S/C24H15Cl2F2N3O6/c25-13-3-6-15(7-4-13)37-24(36)29-14-5-1-12(2-8-21(32)33)20(9-14)30-23(35)31-22(34)16-10-18(27)19(28)11-17(16)26/h1-11H,(H,29,36)(H,32,33)(H2,30,31,34,35)/b8-2+. The summed E-state index contributed by atoms with van der Waals surface area (Å²) >= 11 is 11.5. The van der Waals surface area contributed by atoms with E-state index < -0.39 is 46.2 Å². The molecule has 0 aliphatic rings. The van der Waals surface area contributed by atoms with Crippen LogP contribution in [0.15, 0.2) is 60.7 Å². The van der Waals surface area contributed by atoms with E-state index in [1.807, 2.05) is 5.32 Å². The molecule has 4 amide bonds. The van der Waals surface area contributed by atoms with Gasteiger partial charge in [-0.2, -0.15) is 0 Å². The quantitative estimate of drug-likeness (QED) is 0.222. The van der Waals surface area contributed by atoms with E-state index in [-0.39, 0.29) is 22.7 Å². The molecule has 0 atom stereocenters. The summed E-state index contributed by atoms with van der Waals surface area (Å²) in [5.41, 5.74) is -0.199. The van der Waals surface area contributed by atoms with E-state index in [2.05, 4.69) is 10.6 Å². The average molecular weight is 550 g/mol. The largest absolute Gasteiger partial charge is 0.478 e. The summed E-state index contributed by atoms with van der Waals surface area (Å²) in [6.07, 6.45) is 1.07. The molecule has 0 aliphatic carbocycles. The highest BCUT2D eigenvalue weighted by Crippen LogP contribution is 2.24. The molecule has 0 unspecified atom stereocenters. The third kappa shape index (κ3) is 7.75. The minimum absolute atomic E-state index is 0.0246. The van der Waals surface area contributed by atoms with Crippen LogP contribution in [-0.2, 0) is 4.79 Å². The zero-order valence-electron chi connectivity index (χ0n) is 18.4. The van der Waals surface area contributed by atoms with Crippen LogP contribution in [0.5, 0.6) is 5.75 Å². The summed E-state index contributed by atoms with van der Waals surface area (Å²) in [5, 5.41) is 15.6. The monoisotopic (exact) mass is 549 g/mol. The second-order valence-electron chi connectivity index (χ2n) is 7.10. The number of urea groups is 1. The lowest BCUT2D eigenvalue weighted by Gasteiger charge is -2.13. The van der Waals surface area contributed by atoms with Gasteiger partial charge in [0.1, 0.15) is 5.75 Å². The molecule has 0 aliphatic heterocycles. The summed E-state index contributed by atoms with van der Waals surface area (Å²) in [5.74, 6) is -4.83. The Morgan fingerprint density at radius 3 is 2.24 bits per heavy atom. The fourth-order valence-electron chi connectivity index (χ4n) is 2.82. The molecule has 0 radical (unpaired) electrons. The van der Waals surface area contributed by atoms with Crippen LogP contribution in [0.25, 0.3) is 6.08 Å². The zero-order valence-corrected chi connectivity index (χ0v) is 19.9. The number of benzene rings is 3. The molecule has 0 heterocycles. The number of rotatable bonds is 6. The Bertz CT molecular complexity index is 1410. The Hall–Kier alpha value is -4.48. The highest BCUT2D eigenvalue weighted by Gasteiger charge is 2.18. The SMILES string of the molecule is O=C(O)/C=C/c1ccc(NC(=O)Oc2ccc(Cl)cc2)cc1NC(=O)NC(=O)c1cc(F)c(F)cc1Cl. The first-order chi connectivity index (χ1) is 17.5. The van der Waals surface area contributed by atoms with Gasteiger partial charge >= 0.3 is 18.1 Å². The van der Waals surface area contributed by atoms with Crippen molar-refractivity contribution in [3.8, 4) is 5.75 Å². The van der Waals surface area contributed by atoms with Gasteiger partial charge in [0, 0.05) is 16.8 Å². The van der Waals surface area contributed by atoms with Crippen molar-refractivity contribution >= 4 is 64.7 Å². The summed E-state index contributed by atoms with van der Waals surface area (Å²) < 4.78 is 31.9. The minimum Gasteiger partial charge on any atom is -0.478 e. The number of imide groups is 1. The van der Waals surface area contributed by atoms with Crippen LogP contribution in [0.3, 0.4) is 0 Å². The molecular weight excluding hydrogens is 535 g/mol. The molecule has 9 nitrogen and oxygen atoms in total. The summed E-state index contributed by atoms with van der Waals surface area (Å²) in [6.45, 7) is 0. The predicted molar refractivity (Wildman–Crippen MR) is 132 cm³/mol. The normalized spacial score (nSPS) is 10.6. The molecule has 3 aromatic rings. The van der Waals surface area contributed by atoms with Gasteiger partial charge in [0.05, 0.1) is 16.3 Å². The average Bonchev–Trinajstić information content (AvgIpc) is 2.82. The molecule has 0 saturated heterocycles. The van der Waals surface area contributed by atoms with Crippen LogP contribution in [0, 0.1) is 11.6 Å². The number of carboxylic acid groups (broad SMARTS) is 1. The van der Waals surface area contributed by atoms with Gasteiger partial charge in [-0.1, -0.05) is 29.3 Å². The Balaban J connectivity index is 1.77. The van der Waals surface area contributed by atoms with Crippen molar-refractivity contribution < 1.29 is 37.8 Å². The molecular formula is C24H15Cl2F2N3O6. The molecule has 13 heteroatoms. The van der Waals surface area contributed by atoms with Crippen molar-refractivity contribution in [2.75, 3.05) is 10.6 Å². The van der Waals surface area contributed by atoms with Crippen molar-refractivity contribution in [2.24, 2.45) is 0 Å². The summed E-state index contributed by atoms with van der Waals surface area (Å²) in [6, 6.07) is 10.0. The van der Waals surface area contributed by atoms with Crippen molar-refractivity contribution in [3.63, 3.8) is 0 Å². The molecule has 0 spiro atoms. The lowest BCUT2D eigenvalue weighted by atomic mass is 10.1. The highest BCUT2D eigenvalue weighted by molar-refractivity contribution is 6.34. The number of carboxylic acids is 1. The van der Waals surface area contributed by atoms with Gasteiger partial charge in [-0.05, 0) is 60.2 Å². The molecule has 0 aromatic heterocycles. The number of halogens is 4. The van der Waals surface area contributed by atoms with Gasteiger partial charge in [-0.15, -0.1) is 0 Å². The number of carbonyl (C=O) groups is 4. The van der Waals surface area contributed by atoms with E-state index in [4.69, 9.17) is 33.0 Å². The van der Waals surface area contributed by atoms with Gasteiger partial charge in [-0.3, -0.25) is 15.4 Å². The summed E-state index contributed by atoms with van der Waals surface area (Å²) in [7, 11) is 0. The lowest BCUT2D eigenvalue weighted by molar-refractivity contribution is -0.131. The van der Waals surface area contributed by atoms with Gasteiger partial charge in [-0.25, -0.2) is 23.2 Å². The van der Waals surface area contributed by atoms with E-state index in [9.17, 15) is 28.0 Å². The highest BCUT2D eigenvalue weighted by atomic mass is 35.5. The molecule has 3 aromatic carbocycles. The first kappa shape index (κ1) is 27.1. The number of nitrogens with one attached hydrogen (secondary N) is 3. The van der Waals surface area contributed by atoms with E-state index >= 15 is 0 Å². The van der Waals surface area contributed by atoms with E-state index in [0.29, 0.717) is 17.2 Å². The maximum Gasteiger partial charge on any atom is 0.417 e. The van der Waals surface area contributed by atoms with Crippen molar-refractivity contribution in [2.45, 2.75) is 0 Å². The topological polar surface area (TPSA) is 134 Å². The summed E-state index contributed by atoms with van der Waals surface area (Å²) in [4.78, 5) is 47.9. The molecule has 0 bridgehead atoms. The second-order valence-corrected chi connectivity index (χ2v) is 7.94. The van der Waals surface area contributed by atoms with E-state index in [1.54, 1.807) is 0 Å². The van der Waals surface area contributed by atoms with E-state index in [0.717, 1.165) is 12.2 Å². The van der Waals surface area contributed by atoms with Crippen molar-refractivity contribution in [3.05, 3.63) is 93.5 Å². The fraction of sp³-hybridized carbons (Fsp3) is 0. The van der Waals surface area contributed by atoms with Crippen molar-refractivity contribution in [1.29, 1.82) is 0 Å². The molecule has 3 rings (SSSR count). The number of anilines is 2. The van der Waals surface area contributed by atoms with Gasteiger partial charge in [0.15, 0.2) is 11.6 Å². The number of hydrogen-bond acceptors (Lipinski definition) is 5. The first-order valence-corrected chi connectivity index (χ1v) is 10.8. The first-order valence-electron chi connectivity index (χ1n) is 10.1. The number of ether oxygens (including phenoxy) is 1. The van der Waals surface area contributed by atoms with Gasteiger partial charge in [0.25, 0.3) is 5.91 Å². The van der Waals surface area contributed by atoms with Gasteiger partial charge < -0.3 is 15.2 Å². The fourth-order valence-corrected chi connectivity index (χ4v) is 3.18. The van der Waals surface area contributed by atoms with E-state index in [1.165, 1.54) is 42.5 Å². The lowest BCUT2D eigenvalue weighted by Crippen LogP contribution is -2.34. The smallest absolute Gasteiger partial charge is 0.417 e. The second kappa shape index (κ2) is 12.0. The Morgan fingerprint density at radius 1 is 0.892 bits per heavy atom. The van der Waals surface area contributed by atoms with Crippen LogP contribution in [0.1, 0.15) is 15.9 Å². The molecule has 37 heavy (non-hydrogen) atoms. The maximum atomic E-state index is 13.5. The van der Waals surface area contributed by atoms with Crippen LogP contribution in [0.2, 0.25) is 10.0 Å². The van der Waals surface area contributed by atoms with Crippen LogP contribution < -0.4 is 20.7 Å². The van der Waals surface area contributed by atoms with Crippen LogP contribution in [-0.4, -0.2) is 29.1 Å². The Labute approximate surface area is 217 Å². The van der Waals surface area contributed by atoms with Crippen molar-refractivity contribution in [1.82, 2.24) is 5.32 Å². The molecule has 190 valence electrons. The molecule has 0 fully saturated rings. The number of amides is 4. The number of hydrogen-bond donors (Lipinski definition) is 4. The van der Waals surface area contributed by atoms with Crippen LogP contribution >= 0.6 is 23.2 Å².